The van der Waals surface area contributed by atoms with Crippen LogP contribution in [0.25, 0.3) is 11.0 Å². The third kappa shape index (κ3) is 2.92. The molecule has 0 aliphatic rings. The van der Waals surface area contributed by atoms with Crippen LogP contribution in [0.15, 0.2) is 42.5 Å². The first-order valence-electron chi connectivity index (χ1n) is 6.75. The van der Waals surface area contributed by atoms with E-state index in [4.69, 9.17) is 0 Å². The van der Waals surface area contributed by atoms with Crippen LogP contribution in [0.3, 0.4) is 0 Å². The van der Waals surface area contributed by atoms with E-state index in [1.54, 1.807) is 0 Å². The van der Waals surface area contributed by atoms with Crippen molar-refractivity contribution >= 4 is 11.0 Å². The molecule has 0 spiro atoms. The topological polar surface area (TPSA) is 40.7 Å². The van der Waals surface area contributed by atoms with Crippen LogP contribution in [0.5, 0.6) is 0 Å². The summed E-state index contributed by atoms with van der Waals surface area (Å²) in [4.78, 5) is 7.70. The predicted octanol–water partition coefficient (Wildman–Crippen LogP) is 3.69. The van der Waals surface area contributed by atoms with E-state index < -0.39 is 11.6 Å². The van der Waals surface area contributed by atoms with Gasteiger partial charge in [-0.05, 0) is 37.3 Å². The van der Waals surface area contributed by atoms with Gasteiger partial charge in [0.2, 0.25) is 0 Å². The molecule has 0 fully saturated rings. The van der Waals surface area contributed by atoms with Gasteiger partial charge in [-0.25, -0.2) is 13.8 Å². The van der Waals surface area contributed by atoms with Gasteiger partial charge in [-0.15, -0.1) is 0 Å². The van der Waals surface area contributed by atoms with Crippen LogP contribution in [0.2, 0.25) is 0 Å². The van der Waals surface area contributed by atoms with Crippen molar-refractivity contribution in [3.63, 3.8) is 0 Å². The minimum absolute atomic E-state index is 0.0972. The molecule has 1 aromatic heterocycles. The first-order chi connectivity index (χ1) is 10.1. The fourth-order valence-corrected chi connectivity index (χ4v) is 2.22. The van der Waals surface area contributed by atoms with Crippen molar-refractivity contribution in [3.05, 3.63) is 65.5 Å². The Morgan fingerprint density at radius 3 is 2.81 bits per heavy atom. The number of aromatic nitrogens is 2. The molecule has 0 amide bonds. The molecule has 0 aliphatic carbocycles. The number of H-pyrrole nitrogens is 1. The van der Waals surface area contributed by atoms with E-state index in [0.29, 0.717) is 5.56 Å². The number of para-hydroxylation sites is 2. The molecule has 0 saturated carbocycles. The summed E-state index contributed by atoms with van der Waals surface area (Å²) in [5.41, 5.74) is 2.15. The van der Waals surface area contributed by atoms with Crippen LogP contribution in [0.1, 0.15) is 24.4 Å². The molecule has 2 N–H and O–H groups in total. The molecule has 1 atom stereocenters. The minimum atomic E-state index is -0.440. The molecule has 0 radical (unpaired) electrons. The van der Waals surface area contributed by atoms with Crippen molar-refractivity contribution in [2.24, 2.45) is 0 Å². The third-order valence-corrected chi connectivity index (χ3v) is 3.42. The molecule has 1 unspecified atom stereocenters. The van der Waals surface area contributed by atoms with Crippen LogP contribution >= 0.6 is 0 Å². The highest BCUT2D eigenvalue weighted by molar-refractivity contribution is 5.74. The Balaban J connectivity index is 1.74. The largest absolute Gasteiger partial charge is 0.341 e. The molecule has 2 aromatic carbocycles. The molecule has 0 saturated heterocycles. The van der Waals surface area contributed by atoms with E-state index >= 15 is 0 Å². The summed E-state index contributed by atoms with van der Waals surface area (Å²) in [7, 11) is 0. The smallest absolute Gasteiger partial charge is 0.127 e. The van der Waals surface area contributed by atoms with E-state index in [1.807, 2.05) is 31.2 Å². The number of fused-ring (bicyclic) bond motifs is 1. The Kier molecular flexibility index (Phi) is 3.66. The zero-order chi connectivity index (χ0) is 14.8. The normalized spacial score (nSPS) is 12.7. The summed E-state index contributed by atoms with van der Waals surface area (Å²) in [6.07, 6.45) is 0. The standard InChI is InChI=1S/C16H15F2N3/c1-10(16-20-14-4-2-3-5-15(14)21-16)19-9-11-8-12(17)6-7-13(11)18/h2-8,10,19H,9H2,1H3,(H,20,21). The monoisotopic (exact) mass is 287 g/mol. The zero-order valence-corrected chi connectivity index (χ0v) is 11.5. The Morgan fingerprint density at radius 2 is 2.00 bits per heavy atom. The predicted molar refractivity (Wildman–Crippen MR) is 77.7 cm³/mol. The lowest BCUT2D eigenvalue weighted by atomic mass is 10.2. The van der Waals surface area contributed by atoms with Gasteiger partial charge in [0, 0.05) is 12.1 Å². The van der Waals surface area contributed by atoms with Gasteiger partial charge < -0.3 is 10.3 Å². The first kappa shape index (κ1) is 13.7. The van der Waals surface area contributed by atoms with Crippen molar-refractivity contribution in [3.8, 4) is 0 Å². The Labute approximate surface area is 121 Å². The third-order valence-electron chi connectivity index (χ3n) is 3.42. The van der Waals surface area contributed by atoms with Crippen molar-refractivity contribution in [2.75, 3.05) is 0 Å². The number of hydrogen-bond donors (Lipinski definition) is 2. The second-order valence-electron chi connectivity index (χ2n) is 4.98. The molecule has 21 heavy (non-hydrogen) atoms. The van der Waals surface area contributed by atoms with Gasteiger partial charge in [0.05, 0.1) is 17.1 Å². The van der Waals surface area contributed by atoms with E-state index in [2.05, 4.69) is 15.3 Å². The average molecular weight is 287 g/mol. The van der Waals surface area contributed by atoms with Crippen LogP contribution in [-0.2, 0) is 6.54 Å². The van der Waals surface area contributed by atoms with Crippen LogP contribution in [0, 0.1) is 11.6 Å². The summed E-state index contributed by atoms with van der Waals surface area (Å²) >= 11 is 0. The molecule has 3 nitrogen and oxygen atoms in total. The molecule has 5 heteroatoms. The highest BCUT2D eigenvalue weighted by atomic mass is 19.1. The van der Waals surface area contributed by atoms with Gasteiger partial charge in [-0.1, -0.05) is 12.1 Å². The second kappa shape index (κ2) is 5.61. The minimum Gasteiger partial charge on any atom is -0.341 e. The molecule has 0 aliphatic heterocycles. The van der Waals surface area contributed by atoms with Crippen molar-refractivity contribution in [1.29, 1.82) is 0 Å². The van der Waals surface area contributed by atoms with Gasteiger partial charge in [-0.2, -0.15) is 0 Å². The first-order valence-corrected chi connectivity index (χ1v) is 6.75. The van der Waals surface area contributed by atoms with Gasteiger partial charge in [-0.3, -0.25) is 0 Å². The Hall–Kier alpha value is -2.27. The summed E-state index contributed by atoms with van der Waals surface area (Å²) in [6.45, 7) is 2.16. The average Bonchev–Trinajstić information content (AvgIpc) is 2.92. The fourth-order valence-electron chi connectivity index (χ4n) is 2.22. The van der Waals surface area contributed by atoms with Crippen LogP contribution < -0.4 is 5.32 Å². The quantitative estimate of drug-likeness (QED) is 0.768. The lowest BCUT2D eigenvalue weighted by Gasteiger charge is -2.11. The van der Waals surface area contributed by atoms with Gasteiger partial charge in [0.1, 0.15) is 17.5 Å². The van der Waals surface area contributed by atoms with Gasteiger partial charge in [0.15, 0.2) is 0 Å². The number of benzene rings is 2. The Morgan fingerprint density at radius 1 is 1.19 bits per heavy atom. The van der Waals surface area contributed by atoms with Gasteiger partial charge >= 0.3 is 0 Å². The van der Waals surface area contributed by atoms with Crippen molar-refractivity contribution in [1.82, 2.24) is 15.3 Å². The number of hydrogen-bond acceptors (Lipinski definition) is 2. The molecular formula is C16H15F2N3. The number of aromatic amines is 1. The summed E-state index contributed by atoms with van der Waals surface area (Å²) in [6, 6.07) is 11.1. The van der Waals surface area contributed by atoms with Crippen molar-refractivity contribution in [2.45, 2.75) is 19.5 Å². The van der Waals surface area contributed by atoms with E-state index in [0.717, 1.165) is 29.0 Å². The number of nitrogens with one attached hydrogen (secondary N) is 2. The molecule has 1 heterocycles. The lowest BCUT2D eigenvalue weighted by molar-refractivity contribution is 0.523. The van der Waals surface area contributed by atoms with Crippen molar-refractivity contribution < 1.29 is 8.78 Å². The second-order valence-corrected chi connectivity index (χ2v) is 4.98. The lowest BCUT2D eigenvalue weighted by Crippen LogP contribution is -2.20. The molecule has 3 aromatic rings. The molecule has 108 valence electrons. The number of imidazole rings is 1. The maximum Gasteiger partial charge on any atom is 0.127 e. The zero-order valence-electron chi connectivity index (χ0n) is 11.5. The number of halogens is 2. The van der Waals surface area contributed by atoms with Gasteiger partial charge in [0.25, 0.3) is 0 Å². The Bertz CT molecular complexity index is 734. The van der Waals surface area contributed by atoms with E-state index in [-0.39, 0.29) is 12.6 Å². The fraction of sp³-hybridized carbons (Fsp3) is 0.188. The van der Waals surface area contributed by atoms with Crippen LogP contribution in [-0.4, -0.2) is 9.97 Å². The number of nitrogens with zero attached hydrogens (tertiary/aromatic N) is 1. The maximum atomic E-state index is 13.6. The molecule has 3 rings (SSSR count). The summed E-state index contributed by atoms with van der Waals surface area (Å²) < 4.78 is 26.7. The maximum absolute atomic E-state index is 13.6. The SMILES string of the molecule is CC(NCc1cc(F)ccc1F)c1nc2ccccc2[nH]1. The summed E-state index contributed by atoms with van der Waals surface area (Å²) in [5, 5.41) is 3.14. The summed E-state index contributed by atoms with van der Waals surface area (Å²) in [5.74, 6) is -0.0849. The highest BCUT2D eigenvalue weighted by Crippen LogP contribution is 2.16. The number of rotatable bonds is 4. The van der Waals surface area contributed by atoms with E-state index in [9.17, 15) is 8.78 Å². The molecular weight excluding hydrogens is 272 g/mol. The van der Waals surface area contributed by atoms with Crippen LogP contribution in [0.4, 0.5) is 8.78 Å². The molecule has 0 bridgehead atoms. The van der Waals surface area contributed by atoms with E-state index in [1.165, 1.54) is 6.07 Å². The highest BCUT2D eigenvalue weighted by Gasteiger charge is 2.11.